The maximum absolute atomic E-state index is 12.6. The molecular weight excluding hydrogens is 320 g/mol. The number of nitrogens with zero attached hydrogens (tertiary/aromatic N) is 6. The number of ether oxygens (including phenoxy) is 1. The average molecular weight is 342 g/mol. The molecule has 0 N–H and O–H groups in total. The van der Waals surface area contributed by atoms with E-state index in [0.29, 0.717) is 24.5 Å². The first-order valence-electron chi connectivity index (χ1n) is 8.14. The van der Waals surface area contributed by atoms with E-state index >= 15 is 0 Å². The van der Waals surface area contributed by atoms with Gasteiger partial charge in [-0.2, -0.15) is 0 Å². The van der Waals surface area contributed by atoms with Crippen LogP contribution < -0.4 is 14.5 Å². The fourth-order valence-electron chi connectivity index (χ4n) is 2.70. The number of pyridine rings is 1. The van der Waals surface area contributed by atoms with Crippen LogP contribution in [0.1, 0.15) is 10.4 Å². The van der Waals surface area contributed by atoms with Crippen LogP contribution >= 0.6 is 0 Å². The van der Waals surface area contributed by atoms with E-state index in [-0.39, 0.29) is 5.91 Å². The highest BCUT2D eigenvalue weighted by Gasteiger charge is 2.23. The quantitative estimate of drug-likeness (QED) is 0.817. The van der Waals surface area contributed by atoms with Crippen molar-refractivity contribution in [2.24, 2.45) is 0 Å². The maximum atomic E-state index is 12.6. The molecule has 3 heterocycles. The zero-order valence-electron chi connectivity index (χ0n) is 14.7. The molecule has 3 rings (SSSR count). The van der Waals surface area contributed by atoms with E-state index in [1.807, 2.05) is 36.0 Å². The standard InChI is InChI=1S/C17H22N6O2/c1-21(2)14-4-5-15(20-19-14)22-8-10-23(11-9-22)17(24)13-6-7-18-16(12-13)25-3/h4-7,12H,8-11H2,1-3H3. The molecule has 0 unspecified atom stereocenters. The van der Waals surface area contributed by atoms with Gasteiger partial charge in [0, 0.05) is 58.1 Å². The monoisotopic (exact) mass is 342 g/mol. The van der Waals surface area contributed by atoms with Crippen molar-refractivity contribution < 1.29 is 9.53 Å². The van der Waals surface area contributed by atoms with Crippen LogP contribution in [0.3, 0.4) is 0 Å². The fraction of sp³-hybridized carbons (Fsp3) is 0.412. The summed E-state index contributed by atoms with van der Waals surface area (Å²) in [7, 11) is 5.41. The number of amides is 1. The number of anilines is 2. The molecule has 1 amide bonds. The van der Waals surface area contributed by atoms with Crippen molar-refractivity contribution in [1.82, 2.24) is 20.1 Å². The lowest BCUT2D eigenvalue weighted by Crippen LogP contribution is -2.49. The summed E-state index contributed by atoms with van der Waals surface area (Å²) >= 11 is 0. The molecule has 0 radical (unpaired) electrons. The van der Waals surface area contributed by atoms with Gasteiger partial charge < -0.3 is 19.4 Å². The van der Waals surface area contributed by atoms with Gasteiger partial charge in [-0.15, -0.1) is 10.2 Å². The highest BCUT2D eigenvalue weighted by atomic mass is 16.5. The van der Waals surface area contributed by atoms with Gasteiger partial charge in [-0.1, -0.05) is 0 Å². The lowest BCUT2D eigenvalue weighted by Gasteiger charge is -2.35. The summed E-state index contributed by atoms with van der Waals surface area (Å²) in [6, 6.07) is 7.29. The van der Waals surface area contributed by atoms with Gasteiger partial charge >= 0.3 is 0 Å². The number of aromatic nitrogens is 3. The van der Waals surface area contributed by atoms with E-state index in [2.05, 4.69) is 20.1 Å². The smallest absolute Gasteiger partial charge is 0.254 e. The summed E-state index contributed by atoms with van der Waals surface area (Å²) in [5.74, 6) is 2.10. The molecule has 25 heavy (non-hydrogen) atoms. The van der Waals surface area contributed by atoms with E-state index in [4.69, 9.17) is 4.74 Å². The lowest BCUT2D eigenvalue weighted by molar-refractivity contribution is 0.0746. The third-order valence-corrected chi connectivity index (χ3v) is 4.18. The number of hydrogen-bond donors (Lipinski definition) is 0. The van der Waals surface area contributed by atoms with Crippen molar-refractivity contribution in [3.63, 3.8) is 0 Å². The minimum atomic E-state index is -0.00519. The predicted molar refractivity (Wildman–Crippen MR) is 95.3 cm³/mol. The molecule has 2 aromatic heterocycles. The number of hydrogen-bond acceptors (Lipinski definition) is 7. The highest BCUT2D eigenvalue weighted by molar-refractivity contribution is 5.94. The first kappa shape index (κ1) is 16.9. The molecule has 8 nitrogen and oxygen atoms in total. The Morgan fingerprint density at radius 3 is 2.48 bits per heavy atom. The summed E-state index contributed by atoms with van der Waals surface area (Å²) in [5.41, 5.74) is 0.593. The van der Waals surface area contributed by atoms with Crippen molar-refractivity contribution in [2.45, 2.75) is 0 Å². The molecule has 1 aliphatic rings. The van der Waals surface area contributed by atoms with Crippen molar-refractivity contribution in [3.8, 4) is 5.88 Å². The molecule has 8 heteroatoms. The molecule has 0 aliphatic carbocycles. The zero-order chi connectivity index (χ0) is 17.8. The summed E-state index contributed by atoms with van der Waals surface area (Å²) in [4.78, 5) is 22.6. The normalized spacial score (nSPS) is 14.4. The third-order valence-electron chi connectivity index (χ3n) is 4.18. The third kappa shape index (κ3) is 3.78. The first-order valence-corrected chi connectivity index (χ1v) is 8.14. The average Bonchev–Trinajstić information content (AvgIpc) is 2.67. The Labute approximate surface area is 147 Å². The van der Waals surface area contributed by atoms with Crippen LogP contribution in [-0.4, -0.2) is 73.4 Å². The van der Waals surface area contributed by atoms with Gasteiger partial charge in [0.25, 0.3) is 5.91 Å². The number of methoxy groups -OCH3 is 1. The molecule has 2 aromatic rings. The van der Waals surface area contributed by atoms with Crippen LogP contribution in [0.2, 0.25) is 0 Å². The van der Waals surface area contributed by atoms with Crippen molar-refractivity contribution in [3.05, 3.63) is 36.0 Å². The number of rotatable bonds is 4. The van der Waals surface area contributed by atoms with Crippen molar-refractivity contribution in [2.75, 3.05) is 57.2 Å². The largest absolute Gasteiger partial charge is 0.481 e. The number of piperazine rings is 1. The topological polar surface area (TPSA) is 74.7 Å². The molecule has 132 valence electrons. The van der Waals surface area contributed by atoms with Gasteiger partial charge in [-0.3, -0.25) is 4.79 Å². The van der Waals surface area contributed by atoms with Crippen molar-refractivity contribution >= 4 is 17.5 Å². The van der Waals surface area contributed by atoms with Crippen molar-refractivity contribution in [1.29, 1.82) is 0 Å². The second-order valence-corrected chi connectivity index (χ2v) is 6.01. The SMILES string of the molecule is COc1cc(C(=O)N2CCN(c3ccc(N(C)C)nn3)CC2)ccn1. The zero-order valence-corrected chi connectivity index (χ0v) is 14.7. The first-order chi connectivity index (χ1) is 12.1. The van der Waals surface area contributed by atoms with E-state index in [0.717, 1.165) is 24.7 Å². The molecule has 1 aliphatic heterocycles. The molecule has 0 aromatic carbocycles. The van der Waals surface area contributed by atoms with Gasteiger partial charge in [0.15, 0.2) is 11.6 Å². The molecule has 1 saturated heterocycles. The van der Waals surface area contributed by atoms with Crippen LogP contribution in [0.15, 0.2) is 30.5 Å². The minimum absolute atomic E-state index is 0.00519. The van der Waals surface area contributed by atoms with E-state index in [9.17, 15) is 4.79 Å². The Morgan fingerprint density at radius 1 is 1.12 bits per heavy atom. The Kier molecular flexibility index (Phi) is 4.97. The van der Waals surface area contributed by atoms with Gasteiger partial charge in [-0.25, -0.2) is 4.98 Å². The highest BCUT2D eigenvalue weighted by Crippen LogP contribution is 2.17. The van der Waals surface area contributed by atoms with E-state index < -0.39 is 0 Å². The second-order valence-electron chi connectivity index (χ2n) is 6.01. The van der Waals surface area contributed by atoms with Crippen LogP contribution in [0.25, 0.3) is 0 Å². The molecule has 0 atom stereocenters. The lowest BCUT2D eigenvalue weighted by atomic mass is 10.2. The summed E-state index contributed by atoms with van der Waals surface area (Å²) in [6.07, 6.45) is 1.59. The molecule has 0 saturated carbocycles. The number of carbonyl (C=O) groups excluding carboxylic acids is 1. The Bertz CT molecular complexity index is 726. The van der Waals surface area contributed by atoms with Crippen LogP contribution in [0, 0.1) is 0 Å². The Hall–Kier alpha value is -2.90. The maximum Gasteiger partial charge on any atom is 0.254 e. The number of carbonyl (C=O) groups is 1. The summed E-state index contributed by atoms with van der Waals surface area (Å²) in [5, 5.41) is 8.49. The van der Waals surface area contributed by atoms with Gasteiger partial charge in [-0.05, 0) is 18.2 Å². The summed E-state index contributed by atoms with van der Waals surface area (Å²) < 4.78 is 5.08. The van der Waals surface area contributed by atoms with E-state index in [1.54, 1.807) is 18.3 Å². The molecule has 0 bridgehead atoms. The fourth-order valence-corrected chi connectivity index (χ4v) is 2.70. The van der Waals surface area contributed by atoms with Gasteiger partial charge in [0.1, 0.15) is 0 Å². The Balaban J connectivity index is 1.62. The Morgan fingerprint density at radius 2 is 1.88 bits per heavy atom. The molecule has 0 spiro atoms. The van der Waals surface area contributed by atoms with Crippen LogP contribution in [0.4, 0.5) is 11.6 Å². The van der Waals surface area contributed by atoms with Crippen LogP contribution in [0.5, 0.6) is 5.88 Å². The minimum Gasteiger partial charge on any atom is -0.481 e. The molecular formula is C17H22N6O2. The summed E-state index contributed by atoms with van der Waals surface area (Å²) in [6.45, 7) is 2.73. The molecule has 1 fully saturated rings. The predicted octanol–water partition coefficient (Wildman–Crippen LogP) is 0.909. The van der Waals surface area contributed by atoms with Gasteiger partial charge in [0.05, 0.1) is 7.11 Å². The van der Waals surface area contributed by atoms with Gasteiger partial charge in [0.2, 0.25) is 5.88 Å². The van der Waals surface area contributed by atoms with Crippen LogP contribution in [-0.2, 0) is 0 Å². The van der Waals surface area contributed by atoms with E-state index in [1.165, 1.54) is 7.11 Å². The second kappa shape index (κ2) is 7.33.